The van der Waals surface area contributed by atoms with Gasteiger partial charge in [-0.05, 0) is 31.9 Å². The van der Waals surface area contributed by atoms with Crippen molar-refractivity contribution in [2.75, 3.05) is 19.6 Å². The number of rotatable bonds is 5. The van der Waals surface area contributed by atoms with Gasteiger partial charge in [0.2, 0.25) is 5.91 Å². The molecule has 0 aromatic heterocycles. The molecule has 0 unspecified atom stereocenters. The first-order valence-electron chi connectivity index (χ1n) is 7.04. The Morgan fingerprint density at radius 3 is 2.76 bits per heavy atom. The minimum Gasteiger partial charge on any atom is -0.481 e. The van der Waals surface area contributed by atoms with Gasteiger partial charge in [0.25, 0.3) is 5.91 Å². The summed E-state index contributed by atoms with van der Waals surface area (Å²) in [5.41, 5.74) is 0. The Morgan fingerprint density at radius 1 is 1.38 bits per heavy atom. The number of amides is 2. The molecule has 2 amide bonds. The Bertz CT molecular complexity index is 515. The number of carbonyl (C=O) groups excluding carboxylic acids is 2. The third-order valence-corrected chi connectivity index (χ3v) is 3.35. The maximum absolute atomic E-state index is 13.0. The number of likely N-dealkylation sites (tertiary alicyclic amines) is 1. The minimum atomic E-state index is -0.793. The summed E-state index contributed by atoms with van der Waals surface area (Å²) in [6.07, 6.45) is 1.23. The first kappa shape index (κ1) is 15.3. The van der Waals surface area contributed by atoms with Crippen LogP contribution < -0.4 is 10.1 Å². The Hall–Kier alpha value is -2.11. The monoisotopic (exact) mass is 294 g/mol. The summed E-state index contributed by atoms with van der Waals surface area (Å²) in [6.45, 7) is 3.03. The van der Waals surface area contributed by atoms with E-state index in [1.165, 1.54) is 18.2 Å². The number of hydrogen-bond acceptors (Lipinski definition) is 3. The fourth-order valence-corrected chi connectivity index (χ4v) is 2.18. The highest BCUT2D eigenvalue weighted by molar-refractivity contribution is 5.87. The second-order valence-corrected chi connectivity index (χ2v) is 5.02. The Kier molecular flexibility index (Phi) is 5.14. The van der Waals surface area contributed by atoms with E-state index in [1.54, 1.807) is 17.9 Å². The van der Waals surface area contributed by atoms with Crippen LogP contribution in [-0.2, 0) is 9.59 Å². The van der Waals surface area contributed by atoms with Gasteiger partial charge in [-0.1, -0.05) is 6.07 Å². The van der Waals surface area contributed by atoms with Crippen molar-refractivity contribution in [2.45, 2.75) is 25.9 Å². The molecule has 1 aromatic carbocycles. The van der Waals surface area contributed by atoms with Gasteiger partial charge in [0.1, 0.15) is 11.6 Å². The fraction of sp³-hybridized carbons (Fsp3) is 0.467. The molecule has 0 saturated carbocycles. The van der Waals surface area contributed by atoms with Crippen LogP contribution in [0.25, 0.3) is 0 Å². The van der Waals surface area contributed by atoms with Crippen LogP contribution in [0.15, 0.2) is 24.3 Å². The van der Waals surface area contributed by atoms with Gasteiger partial charge in [0, 0.05) is 19.2 Å². The largest absolute Gasteiger partial charge is 0.481 e. The summed E-state index contributed by atoms with van der Waals surface area (Å²) in [6, 6.07) is 5.58. The lowest BCUT2D eigenvalue weighted by Crippen LogP contribution is -2.43. The molecular formula is C15H19FN2O3. The van der Waals surface area contributed by atoms with E-state index in [2.05, 4.69) is 5.32 Å². The molecule has 1 N–H and O–H groups in total. The fourth-order valence-electron chi connectivity index (χ4n) is 2.18. The van der Waals surface area contributed by atoms with Crippen molar-refractivity contribution in [3.05, 3.63) is 30.1 Å². The molecule has 0 radical (unpaired) electrons. The van der Waals surface area contributed by atoms with Crippen LogP contribution >= 0.6 is 0 Å². The summed E-state index contributed by atoms with van der Waals surface area (Å²) in [4.78, 5) is 25.4. The summed E-state index contributed by atoms with van der Waals surface area (Å²) < 4.78 is 18.4. The van der Waals surface area contributed by atoms with Gasteiger partial charge < -0.3 is 15.0 Å². The summed E-state index contributed by atoms with van der Waals surface area (Å²) in [5.74, 6) is -0.626. The van der Waals surface area contributed by atoms with Crippen molar-refractivity contribution in [1.82, 2.24) is 10.2 Å². The quantitative estimate of drug-likeness (QED) is 0.891. The number of benzene rings is 1. The number of ether oxygens (including phenoxy) is 1. The van der Waals surface area contributed by atoms with E-state index in [0.29, 0.717) is 0 Å². The average Bonchev–Trinajstić information content (AvgIpc) is 2.98. The molecule has 0 spiro atoms. The zero-order valence-electron chi connectivity index (χ0n) is 12.0. The van der Waals surface area contributed by atoms with Gasteiger partial charge in [0.15, 0.2) is 6.10 Å². The van der Waals surface area contributed by atoms with E-state index in [4.69, 9.17) is 4.74 Å². The lowest BCUT2D eigenvalue weighted by Gasteiger charge is -2.17. The first-order valence-corrected chi connectivity index (χ1v) is 7.04. The molecule has 1 fully saturated rings. The number of nitrogens with one attached hydrogen (secondary N) is 1. The highest BCUT2D eigenvalue weighted by Crippen LogP contribution is 2.13. The molecule has 1 atom stereocenters. The van der Waals surface area contributed by atoms with E-state index >= 15 is 0 Å². The van der Waals surface area contributed by atoms with Gasteiger partial charge in [-0.3, -0.25) is 9.59 Å². The van der Waals surface area contributed by atoms with E-state index in [9.17, 15) is 14.0 Å². The molecule has 0 bridgehead atoms. The van der Waals surface area contributed by atoms with E-state index in [-0.39, 0.29) is 18.2 Å². The molecule has 0 aliphatic carbocycles. The highest BCUT2D eigenvalue weighted by Gasteiger charge is 2.20. The van der Waals surface area contributed by atoms with Crippen LogP contribution in [0.1, 0.15) is 19.8 Å². The standard InChI is InChI=1S/C15H19FN2O3/c1-11(21-13-6-4-5-12(16)9-13)15(20)17-10-14(19)18-7-2-3-8-18/h4-6,9,11H,2-3,7-8,10H2,1H3,(H,17,20)/t11-/m0/s1. The second kappa shape index (κ2) is 7.06. The summed E-state index contributed by atoms with van der Waals surface area (Å²) in [7, 11) is 0. The Labute approximate surface area is 123 Å². The third-order valence-electron chi connectivity index (χ3n) is 3.35. The minimum absolute atomic E-state index is 0.0321. The van der Waals surface area contributed by atoms with Crippen LogP contribution in [0.4, 0.5) is 4.39 Å². The van der Waals surface area contributed by atoms with Crippen molar-refractivity contribution < 1.29 is 18.7 Å². The van der Waals surface area contributed by atoms with Gasteiger partial charge in [-0.15, -0.1) is 0 Å². The molecular weight excluding hydrogens is 275 g/mol. The molecule has 1 aliphatic rings. The van der Waals surface area contributed by atoms with Gasteiger partial charge in [-0.2, -0.15) is 0 Å². The van der Waals surface area contributed by atoms with Crippen LogP contribution in [-0.4, -0.2) is 42.5 Å². The molecule has 2 rings (SSSR count). The Balaban J connectivity index is 1.78. The van der Waals surface area contributed by atoms with Gasteiger partial charge >= 0.3 is 0 Å². The molecule has 1 heterocycles. The van der Waals surface area contributed by atoms with Crippen molar-refractivity contribution in [3.8, 4) is 5.75 Å². The van der Waals surface area contributed by atoms with E-state index < -0.39 is 17.8 Å². The average molecular weight is 294 g/mol. The first-order chi connectivity index (χ1) is 10.1. The molecule has 1 saturated heterocycles. The second-order valence-electron chi connectivity index (χ2n) is 5.02. The SMILES string of the molecule is C[C@H](Oc1cccc(F)c1)C(=O)NCC(=O)N1CCCC1. The lowest BCUT2D eigenvalue weighted by molar-refractivity contribution is -0.134. The molecule has 6 heteroatoms. The molecule has 5 nitrogen and oxygen atoms in total. The normalized spacial score (nSPS) is 15.6. The number of halogens is 1. The number of hydrogen-bond donors (Lipinski definition) is 1. The lowest BCUT2D eigenvalue weighted by atomic mass is 10.3. The third kappa shape index (κ3) is 4.44. The smallest absolute Gasteiger partial charge is 0.261 e. The number of carbonyl (C=O) groups is 2. The molecule has 21 heavy (non-hydrogen) atoms. The predicted octanol–water partition coefficient (Wildman–Crippen LogP) is 1.33. The van der Waals surface area contributed by atoms with Crippen LogP contribution in [0.5, 0.6) is 5.75 Å². The van der Waals surface area contributed by atoms with Crippen molar-refractivity contribution in [1.29, 1.82) is 0 Å². The van der Waals surface area contributed by atoms with Crippen molar-refractivity contribution in [3.63, 3.8) is 0 Å². The van der Waals surface area contributed by atoms with Crippen LogP contribution in [0.2, 0.25) is 0 Å². The zero-order chi connectivity index (χ0) is 15.2. The summed E-state index contributed by atoms with van der Waals surface area (Å²) in [5, 5.41) is 2.55. The maximum atomic E-state index is 13.0. The molecule has 1 aliphatic heterocycles. The predicted molar refractivity (Wildman–Crippen MR) is 75.3 cm³/mol. The highest BCUT2D eigenvalue weighted by atomic mass is 19.1. The van der Waals surface area contributed by atoms with Crippen LogP contribution in [0, 0.1) is 5.82 Å². The van der Waals surface area contributed by atoms with Gasteiger partial charge in [-0.25, -0.2) is 4.39 Å². The molecule has 114 valence electrons. The topological polar surface area (TPSA) is 58.6 Å². The van der Waals surface area contributed by atoms with Crippen molar-refractivity contribution in [2.24, 2.45) is 0 Å². The molecule has 1 aromatic rings. The maximum Gasteiger partial charge on any atom is 0.261 e. The van der Waals surface area contributed by atoms with Crippen LogP contribution in [0.3, 0.4) is 0 Å². The Morgan fingerprint density at radius 2 is 2.10 bits per heavy atom. The van der Waals surface area contributed by atoms with E-state index in [0.717, 1.165) is 25.9 Å². The number of nitrogens with zero attached hydrogens (tertiary/aromatic N) is 1. The van der Waals surface area contributed by atoms with Crippen molar-refractivity contribution >= 4 is 11.8 Å². The zero-order valence-corrected chi connectivity index (χ0v) is 12.0. The van der Waals surface area contributed by atoms with Gasteiger partial charge in [0.05, 0.1) is 6.54 Å². The summed E-state index contributed by atoms with van der Waals surface area (Å²) >= 11 is 0. The van der Waals surface area contributed by atoms with E-state index in [1.807, 2.05) is 0 Å².